The molecule has 4 rings (SSSR count). The summed E-state index contributed by atoms with van der Waals surface area (Å²) in [5.41, 5.74) is 1.47. The largest absolute Gasteiger partial charge is 0.497 e. The summed E-state index contributed by atoms with van der Waals surface area (Å²) in [7, 11) is 1.59. The molecule has 0 radical (unpaired) electrons. The second kappa shape index (κ2) is 9.00. The van der Waals surface area contributed by atoms with E-state index in [0.717, 1.165) is 25.0 Å². The maximum Gasteiger partial charge on any atom is 0.258 e. The van der Waals surface area contributed by atoms with Gasteiger partial charge in [0.15, 0.2) is 12.0 Å². The number of nitrogens with one attached hydrogen (secondary N) is 1. The van der Waals surface area contributed by atoms with E-state index in [-0.39, 0.29) is 24.0 Å². The molecule has 2 aromatic carbocycles. The third-order valence-corrected chi connectivity index (χ3v) is 5.07. The van der Waals surface area contributed by atoms with Crippen LogP contribution in [0.25, 0.3) is 22.1 Å². The van der Waals surface area contributed by atoms with Crippen LogP contribution in [0.5, 0.6) is 11.5 Å². The van der Waals surface area contributed by atoms with E-state index in [0.29, 0.717) is 34.6 Å². The van der Waals surface area contributed by atoms with Gasteiger partial charge in [0.2, 0.25) is 0 Å². The van der Waals surface area contributed by atoms with Crippen molar-refractivity contribution in [1.82, 2.24) is 5.32 Å². The first-order chi connectivity index (χ1) is 14.6. The van der Waals surface area contributed by atoms with E-state index >= 15 is 0 Å². The molecule has 30 heavy (non-hydrogen) atoms. The first-order valence-corrected chi connectivity index (χ1v) is 9.85. The van der Waals surface area contributed by atoms with Crippen LogP contribution in [0.3, 0.4) is 0 Å². The van der Waals surface area contributed by atoms with Crippen LogP contribution in [-0.4, -0.2) is 38.9 Å². The van der Waals surface area contributed by atoms with Crippen molar-refractivity contribution in [3.8, 4) is 22.6 Å². The SMILES string of the molecule is COc1ccc(-c2coc3cc(OCC(=O)NC[C@@H]4CCCO4)ccc3c2=O)cc1. The molecular formula is C23H23NO6. The van der Waals surface area contributed by atoms with Gasteiger partial charge in [-0.15, -0.1) is 0 Å². The minimum atomic E-state index is -0.220. The number of fused-ring (bicyclic) bond motifs is 1. The summed E-state index contributed by atoms with van der Waals surface area (Å²) >= 11 is 0. The number of amides is 1. The van der Waals surface area contributed by atoms with Crippen molar-refractivity contribution in [2.45, 2.75) is 18.9 Å². The highest BCUT2D eigenvalue weighted by molar-refractivity contribution is 5.83. The number of hydrogen-bond acceptors (Lipinski definition) is 6. The third kappa shape index (κ3) is 4.46. The second-order valence-electron chi connectivity index (χ2n) is 7.09. The van der Waals surface area contributed by atoms with Crippen LogP contribution in [0.4, 0.5) is 0 Å². The topological polar surface area (TPSA) is 87.0 Å². The minimum absolute atomic E-state index is 0.0868. The monoisotopic (exact) mass is 409 g/mol. The zero-order chi connectivity index (χ0) is 20.9. The van der Waals surface area contributed by atoms with Crippen molar-refractivity contribution >= 4 is 16.9 Å². The summed E-state index contributed by atoms with van der Waals surface area (Å²) in [5.74, 6) is 0.947. The van der Waals surface area contributed by atoms with Crippen molar-refractivity contribution in [1.29, 1.82) is 0 Å². The number of rotatable bonds is 7. The lowest BCUT2D eigenvalue weighted by molar-refractivity contribution is -0.123. The summed E-state index contributed by atoms with van der Waals surface area (Å²) in [6.07, 6.45) is 3.51. The van der Waals surface area contributed by atoms with Gasteiger partial charge >= 0.3 is 0 Å². The molecule has 7 nitrogen and oxygen atoms in total. The highest BCUT2D eigenvalue weighted by Crippen LogP contribution is 2.24. The van der Waals surface area contributed by atoms with E-state index < -0.39 is 0 Å². The van der Waals surface area contributed by atoms with E-state index in [1.54, 1.807) is 37.4 Å². The fraction of sp³-hybridized carbons (Fsp3) is 0.304. The van der Waals surface area contributed by atoms with Crippen LogP contribution in [0.1, 0.15) is 12.8 Å². The van der Waals surface area contributed by atoms with E-state index in [1.807, 2.05) is 12.1 Å². The predicted octanol–water partition coefficient (Wildman–Crippen LogP) is 3.14. The summed E-state index contributed by atoms with van der Waals surface area (Å²) < 4.78 is 21.8. The third-order valence-electron chi connectivity index (χ3n) is 5.07. The standard InChI is InChI=1S/C23H23NO6/c1-27-16-6-4-15(5-7-16)20-13-30-21-11-17(8-9-19(21)23(20)26)29-14-22(25)24-12-18-3-2-10-28-18/h4-9,11,13,18H,2-3,10,12,14H2,1H3,(H,24,25)/t18-/m0/s1. The summed E-state index contributed by atoms with van der Waals surface area (Å²) in [6.45, 7) is 1.12. The van der Waals surface area contributed by atoms with E-state index in [4.69, 9.17) is 18.6 Å². The Balaban J connectivity index is 1.43. The van der Waals surface area contributed by atoms with Crippen molar-refractivity contribution in [3.05, 3.63) is 59.0 Å². The Labute approximate surface area is 173 Å². The van der Waals surface area contributed by atoms with Crippen LogP contribution < -0.4 is 20.2 Å². The van der Waals surface area contributed by atoms with Crippen LogP contribution in [0.15, 0.2) is 57.9 Å². The molecular weight excluding hydrogens is 386 g/mol. The van der Waals surface area contributed by atoms with Gasteiger partial charge in [0.1, 0.15) is 23.3 Å². The summed E-state index contributed by atoms with van der Waals surface area (Å²) in [4.78, 5) is 24.8. The first-order valence-electron chi connectivity index (χ1n) is 9.85. The Morgan fingerprint density at radius 1 is 1.17 bits per heavy atom. The number of carbonyl (C=O) groups excluding carboxylic acids is 1. The molecule has 1 fully saturated rings. The molecule has 1 aromatic heterocycles. The molecule has 1 atom stereocenters. The normalized spacial score (nSPS) is 15.8. The maximum atomic E-state index is 12.9. The molecule has 0 spiro atoms. The van der Waals surface area contributed by atoms with Gasteiger partial charge in [0.05, 0.1) is 24.2 Å². The maximum absolute atomic E-state index is 12.9. The minimum Gasteiger partial charge on any atom is -0.497 e. The lowest BCUT2D eigenvalue weighted by atomic mass is 10.1. The highest BCUT2D eigenvalue weighted by atomic mass is 16.5. The van der Waals surface area contributed by atoms with E-state index in [9.17, 15) is 9.59 Å². The van der Waals surface area contributed by atoms with Gasteiger partial charge in [-0.25, -0.2) is 0 Å². The molecule has 1 aliphatic rings. The van der Waals surface area contributed by atoms with Crippen molar-refractivity contribution in [3.63, 3.8) is 0 Å². The van der Waals surface area contributed by atoms with Gasteiger partial charge in [-0.2, -0.15) is 0 Å². The van der Waals surface area contributed by atoms with Gasteiger partial charge in [-0.05, 0) is 42.7 Å². The number of ether oxygens (including phenoxy) is 3. The highest BCUT2D eigenvalue weighted by Gasteiger charge is 2.16. The summed E-state index contributed by atoms with van der Waals surface area (Å²) in [5, 5.41) is 3.25. The molecule has 1 saturated heterocycles. The zero-order valence-corrected chi connectivity index (χ0v) is 16.7. The Kier molecular flexibility index (Phi) is 5.99. The Hall–Kier alpha value is -3.32. The zero-order valence-electron chi connectivity index (χ0n) is 16.7. The van der Waals surface area contributed by atoms with Crippen molar-refractivity contribution < 1.29 is 23.4 Å². The van der Waals surface area contributed by atoms with Crippen LogP contribution in [0, 0.1) is 0 Å². The molecule has 7 heteroatoms. The molecule has 0 aliphatic carbocycles. The molecule has 1 amide bonds. The molecule has 156 valence electrons. The Bertz CT molecular complexity index is 1080. The molecule has 0 saturated carbocycles. The van der Waals surface area contributed by atoms with Crippen LogP contribution in [0.2, 0.25) is 0 Å². The van der Waals surface area contributed by atoms with Gasteiger partial charge < -0.3 is 23.9 Å². The van der Waals surface area contributed by atoms with Gasteiger partial charge in [-0.1, -0.05) is 12.1 Å². The molecule has 0 unspecified atom stereocenters. The van der Waals surface area contributed by atoms with Crippen LogP contribution >= 0.6 is 0 Å². The predicted molar refractivity (Wildman–Crippen MR) is 112 cm³/mol. The lowest BCUT2D eigenvalue weighted by Crippen LogP contribution is -2.35. The van der Waals surface area contributed by atoms with Crippen LogP contribution in [-0.2, 0) is 9.53 Å². The van der Waals surface area contributed by atoms with Gasteiger partial charge in [0, 0.05) is 19.2 Å². The number of carbonyl (C=O) groups is 1. The lowest BCUT2D eigenvalue weighted by Gasteiger charge is -2.11. The van der Waals surface area contributed by atoms with Crippen molar-refractivity contribution in [2.24, 2.45) is 0 Å². The smallest absolute Gasteiger partial charge is 0.258 e. The quantitative estimate of drug-likeness (QED) is 0.645. The molecule has 3 aromatic rings. The average molecular weight is 409 g/mol. The molecule has 2 heterocycles. The average Bonchev–Trinajstić information content (AvgIpc) is 3.30. The first kappa shape index (κ1) is 20.0. The molecule has 0 bridgehead atoms. The summed E-state index contributed by atoms with van der Waals surface area (Å²) in [6, 6.07) is 12.1. The van der Waals surface area contributed by atoms with Gasteiger partial charge in [0.25, 0.3) is 5.91 Å². The number of hydrogen-bond donors (Lipinski definition) is 1. The molecule has 1 aliphatic heterocycles. The molecule has 1 N–H and O–H groups in total. The van der Waals surface area contributed by atoms with Gasteiger partial charge in [-0.3, -0.25) is 9.59 Å². The van der Waals surface area contributed by atoms with E-state index in [1.165, 1.54) is 6.26 Å². The Morgan fingerprint density at radius 2 is 1.97 bits per heavy atom. The fourth-order valence-electron chi connectivity index (χ4n) is 3.40. The Morgan fingerprint density at radius 3 is 2.70 bits per heavy atom. The fourth-order valence-corrected chi connectivity index (χ4v) is 3.40. The van der Waals surface area contributed by atoms with Crippen molar-refractivity contribution in [2.75, 3.05) is 26.9 Å². The second-order valence-corrected chi connectivity index (χ2v) is 7.09. The number of benzene rings is 2. The number of methoxy groups -OCH3 is 1. The van der Waals surface area contributed by atoms with E-state index in [2.05, 4.69) is 5.32 Å².